The molecule has 0 amide bonds. The molecule has 0 aromatic carbocycles. The maximum Gasteiger partial charge on any atom is 0.0700 e. The van der Waals surface area contributed by atoms with Gasteiger partial charge in [-0.3, -0.25) is 0 Å². The third-order valence-corrected chi connectivity index (χ3v) is 3.81. The Kier molecular flexibility index (Phi) is 8.59. The molecule has 1 aliphatic heterocycles. The average Bonchev–Trinajstić information content (AvgIpc) is 2.38. The monoisotopic (exact) mass is 258 g/mol. The van der Waals surface area contributed by atoms with Crippen LogP contribution in [0.1, 0.15) is 26.2 Å². The molecule has 0 radical (unpaired) electrons. The maximum atomic E-state index is 5.47. The first-order valence-corrected chi connectivity index (χ1v) is 7.24. The van der Waals surface area contributed by atoms with Crippen molar-refractivity contribution in [2.45, 2.75) is 32.2 Å². The summed E-state index contributed by atoms with van der Waals surface area (Å²) in [4.78, 5) is 2.59. The van der Waals surface area contributed by atoms with E-state index in [4.69, 9.17) is 9.47 Å². The van der Waals surface area contributed by atoms with E-state index in [-0.39, 0.29) is 0 Å². The fourth-order valence-electron chi connectivity index (χ4n) is 2.65. The number of rotatable bonds is 9. The van der Waals surface area contributed by atoms with Crippen LogP contribution < -0.4 is 5.32 Å². The van der Waals surface area contributed by atoms with E-state index in [0.29, 0.717) is 12.6 Å². The number of piperidine rings is 1. The highest BCUT2D eigenvalue weighted by Gasteiger charge is 2.23. The van der Waals surface area contributed by atoms with Crippen LogP contribution in [-0.4, -0.2) is 64.6 Å². The normalized spacial score (nSPS) is 25.5. The molecule has 1 fully saturated rings. The lowest BCUT2D eigenvalue weighted by Crippen LogP contribution is -2.47. The lowest BCUT2D eigenvalue weighted by atomic mass is 9.94. The Hall–Kier alpha value is -0.160. The Labute approximate surface area is 112 Å². The van der Waals surface area contributed by atoms with E-state index in [2.05, 4.69) is 24.2 Å². The molecule has 0 aromatic heterocycles. The molecule has 2 atom stereocenters. The Balaban J connectivity index is 1.97. The lowest BCUT2D eigenvalue weighted by Gasteiger charge is -2.36. The van der Waals surface area contributed by atoms with Gasteiger partial charge in [0.05, 0.1) is 13.2 Å². The second kappa shape index (κ2) is 9.73. The van der Waals surface area contributed by atoms with Crippen LogP contribution >= 0.6 is 0 Å². The molecule has 1 saturated heterocycles. The third kappa shape index (κ3) is 6.14. The van der Waals surface area contributed by atoms with Gasteiger partial charge in [-0.2, -0.15) is 0 Å². The van der Waals surface area contributed by atoms with Crippen molar-refractivity contribution in [3.05, 3.63) is 0 Å². The van der Waals surface area contributed by atoms with Crippen molar-refractivity contribution in [1.82, 2.24) is 10.2 Å². The molecule has 2 unspecified atom stereocenters. The van der Waals surface area contributed by atoms with Gasteiger partial charge in [-0.15, -0.1) is 0 Å². The van der Waals surface area contributed by atoms with E-state index in [1.807, 2.05) is 0 Å². The molecule has 0 bridgehead atoms. The summed E-state index contributed by atoms with van der Waals surface area (Å²) in [6, 6.07) is 0.707. The van der Waals surface area contributed by atoms with Crippen molar-refractivity contribution in [2.75, 3.05) is 53.6 Å². The number of nitrogens with one attached hydrogen (secondary N) is 1. The van der Waals surface area contributed by atoms with Crippen LogP contribution in [0.25, 0.3) is 0 Å². The summed E-state index contributed by atoms with van der Waals surface area (Å²) < 4.78 is 10.4. The fourth-order valence-corrected chi connectivity index (χ4v) is 2.65. The molecule has 0 spiro atoms. The largest absolute Gasteiger partial charge is 0.382 e. The van der Waals surface area contributed by atoms with Crippen LogP contribution in [0.3, 0.4) is 0 Å². The van der Waals surface area contributed by atoms with Crippen molar-refractivity contribution < 1.29 is 9.47 Å². The van der Waals surface area contributed by atoms with Gasteiger partial charge < -0.3 is 19.7 Å². The van der Waals surface area contributed by atoms with Gasteiger partial charge in [0.2, 0.25) is 0 Å². The van der Waals surface area contributed by atoms with Crippen LogP contribution in [0.4, 0.5) is 0 Å². The number of hydrogen-bond donors (Lipinski definition) is 1. The van der Waals surface area contributed by atoms with Crippen LogP contribution in [0.15, 0.2) is 0 Å². The van der Waals surface area contributed by atoms with Crippen molar-refractivity contribution in [3.8, 4) is 0 Å². The summed E-state index contributed by atoms with van der Waals surface area (Å²) in [6.07, 6.45) is 3.68. The van der Waals surface area contributed by atoms with Crippen LogP contribution in [-0.2, 0) is 9.47 Å². The molecular formula is C14H30N2O2. The van der Waals surface area contributed by atoms with E-state index < -0.39 is 0 Å². The predicted molar refractivity (Wildman–Crippen MR) is 75.0 cm³/mol. The molecule has 1 N–H and O–H groups in total. The highest BCUT2D eigenvalue weighted by molar-refractivity contribution is 4.81. The Morgan fingerprint density at radius 1 is 1.22 bits per heavy atom. The van der Waals surface area contributed by atoms with Gasteiger partial charge in [-0.1, -0.05) is 6.92 Å². The summed E-state index contributed by atoms with van der Waals surface area (Å²) in [5.74, 6) is 0.765. The van der Waals surface area contributed by atoms with Crippen LogP contribution in [0.2, 0.25) is 0 Å². The zero-order chi connectivity index (χ0) is 13.2. The zero-order valence-corrected chi connectivity index (χ0v) is 12.3. The highest BCUT2D eigenvalue weighted by Crippen LogP contribution is 2.16. The summed E-state index contributed by atoms with van der Waals surface area (Å²) >= 11 is 0. The molecule has 4 heteroatoms. The second-order valence-electron chi connectivity index (χ2n) is 5.27. The second-order valence-corrected chi connectivity index (χ2v) is 5.27. The number of unbranched alkanes of at least 4 members (excludes halogenated alkanes) is 1. The minimum absolute atomic E-state index is 0.703. The van der Waals surface area contributed by atoms with Gasteiger partial charge in [0.25, 0.3) is 0 Å². The minimum atomic E-state index is 0.703. The summed E-state index contributed by atoms with van der Waals surface area (Å²) in [7, 11) is 3.79. The van der Waals surface area contributed by atoms with Gasteiger partial charge in [0, 0.05) is 26.3 Å². The molecule has 0 aromatic rings. The zero-order valence-electron chi connectivity index (χ0n) is 12.3. The first kappa shape index (κ1) is 15.9. The van der Waals surface area contributed by atoms with Crippen molar-refractivity contribution >= 4 is 0 Å². The van der Waals surface area contributed by atoms with E-state index in [1.165, 1.54) is 32.5 Å². The maximum absolute atomic E-state index is 5.47. The third-order valence-electron chi connectivity index (χ3n) is 3.81. The van der Waals surface area contributed by atoms with Crippen LogP contribution in [0, 0.1) is 5.92 Å². The topological polar surface area (TPSA) is 33.7 Å². The number of likely N-dealkylation sites (tertiary alicyclic amines) is 1. The van der Waals surface area contributed by atoms with Crippen molar-refractivity contribution in [1.29, 1.82) is 0 Å². The van der Waals surface area contributed by atoms with Gasteiger partial charge in [-0.25, -0.2) is 0 Å². The smallest absolute Gasteiger partial charge is 0.0700 e. The van der Waals surface area contributed by atoms with Gasteiger partial charge in [-0.05, 0) is 45.3 Å². The van der Waals surface area contributed by atoms with Gasteiger partial charge >= 0.3 is 0 Å². The molecule has 0 aliphatic carbocycles. The number of nitrogens with zero attached hydrogens (tertiary/aromatic N) is 1. The van der Waals surface area contributed by atoms with Crippen molar-refractivity contribution in [3.63, 3.8) is 0 Å². The van der Waals surface area contributed by atoms with Gasteiger partial charge in [0.15, 0.2) is 0 Å². The molecule has 1 aliphatic rings. The molecule has 1 rings (SSSR count). The molecule has 18 heavy (non-hydrogen) atoms. The SMILES string of the molecule is CNC1CCN(CCCCOCCOC)CC1C. The summed E-state index contributed by atoms with van der Waals surface area (Å²) in [5, 5.41) is 3.41. The molecule has 4 nitrogen and oxygen atoms in total. The Bertz CT molecular complexity index is 202. The van der Waals surface area contributed by atoms with E-state index in [9.17, 15) is 0 Å². The number of ether oxygens (including phenoxy) is 2. The van der Waals surface area contributed by atoms with Gasteiger partial charge in [0.1, 0.15) is 0 Å². The van der Waals surface area contributed by atoms with E-state index in [1.54, 1.807) is 7.11 Å². The minimum Gasteiger partial charge on any atom is -0.382 e. The van der Waals surface area contributed by atoms with Crippen molar-refractivity contribution in [2.24, 2.45) is 5.92 Å². The summed E-state index contributed by atoms with van der Waals surface area (Å²) in [6.45, 7) is 8.33. The quantitative estimate of drug-likeness (QED) is 0.633. The first-order valence-electron chi connectivity index (χ1n) is 7.24. The number of methoxy groups -OCH3 is 1. The highest BCUT2D eigenvalue weighted by atomic mass is 16.5. The molecule has 1 heterocycles. The molecular weight excluding hydrogens is 228 g/mol. The summed E-state index contributed by atoms with van der Waals surface area (Å²) in [5.41, 5.74) is 0. The Morgan fingerprint density at radius 2 is 2.06 bits per heavy atom. The molecule has 0 saturated carbocycles. The first-order chi connectivity index (χ1) is 8.77. The van der Waals surface area contributed by atoms with E-state index >= 15 is 0 Å². The number of hydrogen-bond acceptors (Lipinski definition) is 4. The Morgan fingerprint density at radius 3 is 2.72 bits per heavy atom. The molecule has 108 valence electrons. The predicted octanol–water partition coefficient (Wildman–Crippen LogP) is 1.36. The lowest BCUT2D eigenvalue weighted by molar-refractivity contribution is 0.0664. The van der Waals surface area contributed by atoms with Crippen LogP contribution in [0.5, 0.6) is 0 Å². The standard InChI is InChI=1S/C14H30N2O2/c1-13-12-16(8-6-14(13)15-2)7-4-5-9-18-11-10-17-3/h13-15H,4-12H2,1-3H3. The van der Waals surface area contributed by atoms with E-state index in [0.717, 1.165) is 25.6 Å². The average molecular weight is 258 g/mol. The fraction of sp³-hybridized carbons (Fsp3) is 1.00.